The van der Waals surface area contributed by atoms with E-state index in [4.69, 9.17) is 37.9 Å². The number of esters is 6. The van der Waals surface area contributed by atoms with E-state index in [1.165, 1.54) is 6.92 Å². The van der Waals surface area contributed by atoms with Crippen molar-refractivity contribution in [3.8, 4) is 23.0 Å². The van der Waals surface area contributed by atoms with E-state index in [0.717, 1.165) is 23.6 Å². The molecule has 5 rings (SSSR count). The van der Waals surface area contributed by atoms with Crippen LogP contribution in [-0.2, 0) is 51.0 Å². The average Bonchev–Trinajstić information content (AvgIpc) is 3.32. The number of unbranched alkanes of at least 4 members (excludes halogenated alkanes) is 2. The van der Waals surface area contributed by atoms with Crippen LogP contribution in [-0.4, -0.2) is 75.5 Å². The Bertz CT molecular complexity index is 2150. The lowest BCUT2D eigenvalue weighted by molar-refractivity contribution is -0.145. The van der Waals surface area contributed by atoms with Crippen LogP contribution in [0, 0.1) is 11.8 Å². The second-order valence-electron chi connectivity index (χ2n) is 15.3. The van der Waals surface area contributed by atoms with Gasteiger partial charge in [0.1, 0.15) is 23.0 Å². The minimum atomic E-state index is -0.451. The molecule has 0 atom stereocenters. The minimum Gasteiger partial charge on any atom is -0.494 e. The number of carbonyl (C=O) groups is 6. The molecular formula is C51H56O14. The molecule has 1 saturated carbocycles. The second kappa shape index (κ2) is 26.6. The van der Waals surface area contributed by atoms with E-state index >= 15 is 0 Å². The van der Waals surface area contributed by atoms with Crippen LogP contribution in [0.2, 0.25) is 0 Å². The van der Waals surface area contributed by atoms with Gasteiger partial charge in [-0.15, -0.1) is 0 Å². The summed E-state index contributed by atoms with van der Waals surface area (Å²) in [5.41, 5.74) is 2.62. The van der Waals surface area contributed by atoms with Crippen LogP contribution in [0.4, 0.5) is 0 Å². The van der Waals surface area contributed by atoms with E-state index in [2.05, 4.69) is 6.58 Å². The quantitative estimate of drug-likeness (QED) is 0.0204. The fraction of sp³-hybridized carbons (Fsp3) is 0.373. The SMILES string of the molecule is C=CC(=O)OCCCCOc1ccc(C(=O)OCCc2ccc(OC(=O)C3CCC(C(=O)Oc4ccc(CCOC(=O)c5ccc(OCCCCOC(C)=O)cc5)cc4)CC3)cc2)cc1. The van der Waals surface area contributed by atoms with Crippen LogP contribution in [0.1, 0.15) is 90.1 Å². The van der Waals surface area contributed by atoms with E-state index in [9.17, 15) is 28.8 Å². The average molecular weight is 893 g/mol. The molecular weight excluding hydrogens is 837 g/mol. The van der Waals surface area contributed by atoms with Gasteiger partial charge in [-0.3, -0.25) is 14.4 Å². The summed E-state index contributed by atoms with van der Waals surface area (Å²) in [5, 5.41) is 0. The lowest BCUT2D eigenvalue weighted by atomic mass is 9.82. The molecule has 1 fully saturated rings. The highest BCUT2D eigenvalue weighted by Gasteiger charge is 2.32. The predicted molar refractivity (Wildman–Crippen MR) is 238 cm³/mol. The third-order valence-corrected chi connectivity index (χ3v) is 10.4. The van der Waals surface area contributed by atoms with Gasteiger partial charge in [0.15, 0.2) is 0 Å². The Morgan fingerprint density at radius 1 is 0.477 bits per heavy atom. The zero-order valence-corrected chi connectivity index (χ0v) is 36.7. The van der Waals surface area contributed by atoms with Gasteiger partial charge in [-0.25, -0.2) is 14.4 Å². The van der Waals surface area contributed by atoms with E-state index < -0.39 is 17.9 Å². The van der Waals surface area contributed by atoms with Gasteiger partial charge in [-0.1, -0.05) is 30.8 Å². The monoisotopic (exact) mass is 892 g/mol. The Balaban J connectivity index is 0.917. The maximum atomic E-state index is 13.0. The van der Waals surface area contributed by atoms with Crippen LogP contribution in [0.25, 0.3) is 0 Å². The molecule has 1 aliphatic rings. The molecule has 1 aliphatic carbocycles. The molecule has 0 spiro atoms. The van der Waals surface area contributed by atoms with Gasteiger partial charge in [0.2, 0.25) is 0 Å². The summed E-state index contributed by atoms with van der Waals surface area (Å²) in [6.45, 7) is 6.64. The summed E-state index contributed by atoms with van der Waals surface area (Å²) >= 11 is 0. The lowest BCUT2D eigenvalue weighted by Crippen LogP contribution is -2.30. The van der Waals surface area contributed by atoms with E-state index in [-0.39, 0.29) is 43.0 Å². The lowest BCUT2D eigenvalue weighted by Gasteiger charge is -2.25. The predicted octanol–water partition coefficient (Wildman–Crippen LogP) is 8.41. The van der Waals surface area contributed by atoms with Gasteiger partial charge in [0.05, 0.1) is 62.6 Å². The zero-order chi connectivity index (χ0) is 46.2. The van der Waals surface area contributed by atoms with Crippen molar-refractivity contribution in [3.05, 3.63) is 132 Å². The van der Waals surface area contributed by atoms with E-state index in [1.807, 2.05) is 24.3 Å². The Morgan fingerprint density at radius 3 is 1.23 bits per heavy atom. The van der Waals surface area contributed by atoms with Crippen LogP contribution >= 0.6 is 0 Å². The third-order valence-electron chi connectivity index (χ3n) is 10.4. The molecule has 0 heterocycles. The largest absolute Gasteiger partial charge is 0.494 e. The van der Waals surface area contributed by atoms with E-state index in [0.29, 0.717) is 118 Å². The number of hydrogen-bond acceptors (Lipinski definition) is 14. The third kappa shape index (κ3) is 17.6. The van der Waals surface area contributed by atoms with Crippen molar-refractivity contribution in [2.24, 2.45) is 11.8 Å². The first-order chi connectivity index (χ1) is 31.6. The molecule has 14 heteroatoms. The fourth-order valence-corrected chi connectivity index (χ4v) is 6.71. The highest BCUT2D eigenvalue weighted by atomic mass is 16.6. The molecule has 0 bridgehead atoms. The normalized spacial score (nSPS) is 14.2. The molecule has 0 N–H and O–H groups in total. The maximum absolute atomic E-state index is 13.0. The Labute approximate surface area is 379 Å². The molecule has 0 saturated heterocycles. The van der Waals surface area contributed by atoms with Gasteiger partial charge in [-0.2, -0.15) is 0 Å². The molecule has 0 radical (unpaired) electrons. The first-order valence-corrected chi connectivity index (χ1v) is 21.9. The summed E-state index contributed by atoms with van der Waals surface area (Å²) in [6, 6.07) is 27.5. The van der Waals surface area contributed by atoms with Crippen molar-refractivity contribution in [3.63, 3.8) is 0 Å². The standard InChI is InChI=1S/C51H56O14/c1-3-47(53)61-33-7-6-32-60-44-26-18-40(19-27-44)49(55)63-35-29-38-10-22-46(23-11-38)65-51(57)42-14-12-41(13-15-42)50(56)64-45-20-8-37(9-21-45)28-34-62-48(54)39-16-24-43(25-17-39)59-31-5-4-30-58-36(2)52/h3,8-11,16-27,41-42H,1,4-7,12-15,28-35H2,2H3. The fourth-order valence-electron chi connectivity index (χ4n) is 6.71. The topological polar surface area (TPSA) is 176 Å². The van der Waals surface area contributed by atoms with Crippen LogP contribution in [0.5, 0.6) is 23.0 Å². The van der Waals surface area contributed by atoms with Gasteiger partial charge in [-0.05, 0) is 135 Å². The minimum absolute atomic E-state index is 0.169. The molecule has 0 amide bonds. The van der Waals surface area contributed by atoms with Crippen LogP contribution in [0.3, 0.4) is 0 Å². The van der Waals surface area contributed by atoms with Crippen molar-refractivity contribution in [2.45, 2.75) is 71.1 Å². The molecule has 0 aromatic heterocycles. The van der Waals surface area contributed by atoms with Gasteiger partial charge in [0, 0.05) is 25.8 Å². The number of rotatable bonds is 25. The molecule has 344 valence electrons. The summed E-state index contributed by atoms with van der Waals surface area (Å²) in [6.07, 6.45) is 6.89. The highest BCUT2D eigenvalue weighted by Crippen LogP contribution is 2.31. The van der Waals surface area contributed by atoms with Crippen molar-refractivity contribution in [2.75, 3.05) is 39.6 Å². The number of benzene rings is 4. The molecule has 0 aliphatic heterocycles. The van der Waals surface area contributed by atoms with E-state index in [1.54, 1.807) is 72.8 Å². The first kappa shape index (κ1) is 49.1. The highest BCUT2D eigenvalue weighted by molar-refractivity contribution is 5.90. The molecule has 4 aromatic rings. The first-order valence-electron chi connectivity index (χ1n) is 21.9. The van der Waals surface area contributed by atoms with Crippen molar-refractivity contribution in [1.82, 2.24) is 0 Å². The van der Waals surface area contributed by atoms with Gasteiger partial charge < -0.3 is 37.9 Å². The van der Waals surface area contributed by atoms with Crippen LogP contribution < -0.4 is 18.9 Å². The van der Waals surface area contributed by atoms with Gasteiger partial charge >= 0.3 is 35.8 Å². The number of hydrogen-bond donors (Lipinski definition) is 0. The van der Waals surface area contributed by atoms with Crippen molar-refractivity contribution < 1.29 is 66.7 Å². The summed E-state index contributed by atoms with van der Waals surface area (Å²) in [4.78, 5) is 72.9. The smallest absolute Gasteiger partial charge is 0.338 e. The molecule has 0 unspecified atom stereocenters. The number of ether oxygens (including phenoxy) is 8. The van der Waals surface area contributed by atoms with Crippen molar-refractivity contribution >= 4 is 35.8 Å². The number of carbonyl (C=O) groups excluding carboxylic acids is 6. The summed E-state index contributed by atoms with van der Waals surface area (Å²) in [7, 11) is 0. The molecule has 4 aromatic carbocycles. The Morgan fingerprint density at radius 2 is 0.846 bits per heavy atom. The van der Waals surface area contributed by atoms with Gasteiger partial charge in [0.25, 0.3) is 0 Å². The Kier molecular flexibility index (Phi) is 20.1. The molecule has 14 nitrogen and oxygen atoms in total. The summed E-state index contributed by atoms with van der Waals surface area (Å²) < 4.78 is 43.4. The molecule has 65 heavy (non-hydrogen) atoms. The zero-order valence-electron chi connectivity index (χ0n) is 36.7. The summed E-state index contributed by atoms with van der Waals surface area (Å²) in [5.74, 6) is -0.914. The maximum Gasteiger partial charge on any atom is 0.338 e. The second-order valence-corrected chi connectivity index (χ2v) is 15.3. The van der Waals surface area contributed by atoms with Crippen molar-refractivity contribution in [1.29, 1.82) is 0 Å². The van der Waals surface area contributed by atoms with Crippen LogP contribution in [0.15, 0.2) is 110 Å². The Hall–Kier alpha value is -6.96.